The van der Waals surface area contributed by atoms with E-state index in [1.807, 2.05) is 0 Å². The number of fused-ring (bicyclic) bond motifs is 3. The first kappa shape index (κ1) is 32.9. The first-order valence-corrected chi connectivity index (χ1v) is 18.4. The second-order valence-corrected chi connectivity index (χ2v) is 17.6. The van der Waals surface area contributed by atoms with Crippen LogP contribution in [0.15, 0.2) is 0 Å². The van der Waals surface area contributed by atoms with Gasteiger partial charge in [0.15, 0.2) is 0 Å². The van der Waals surface area contributed by atoms with Crippen LogP contribution in [-0.2, 0) is 0 Å². The molecule has 0 heterocycles. The zero-order valence-corrected chi connectivity index (χ0v) is 29.4. The highest BCUT2D eigenvalue weighted by atomic mass is 16.3. The highest BCUT2D eigenvalue weighted by molar-refractivity contribution is 5.19. The van der Waals surface area contributed by atoms with Gasteiger partial charge in [0.25, 0.3) is 0 Å². The van der Waals surface area contributed by atoms with E-state index in [4.69, 9.17) is 0 Å². The molecule has 0 aromatic rings. The van der Waals surface area contributed by atoms with Crippen LogP contribution in [0.2, 0.25) is 0 Å². The first-order chi connectivity index (χ1) is 18.7. The predicted octanol–water partition coefficient (Wildman–Crippen LogP) is 11.1. The van der Waals surface area contributed by atoms with Crippen LogP contribution < -0.4 is 0 Å². The number of rotatable bonds is 8. The van der Waals surface area contributed by atoms with Gasteiger partial charge >= 0.3 is 0 Å². The molecule has 14 unspecified atom stereocenters. The van der Waals surface area contributed by atoms with E-state index in [0.29, 0.717) is 40.4 Å². The molecule has 0 radical (unpaired) electrons. The molecule has 16 atom stereocenters. The van der Waals surface area contributed by atoms with Crippen LogP contribution in [0.5, 0.6) is 0 Å². The fourth-order valence-corrected chi connectivity index (χ4v) is 14.3. The van der Waals surface area contributed by atoms with Crippen molar-refractivity contribution >= 4 is 0 Å². The molecule has 0 spiro atoms. The van der Waals surface area contributed by atoms with Crippen molar-refractivity contribution in [3.05, 3.63) is 0 Å². The van der Waals surface area contributed by atoms with Gasteiger partial charge in [0, 0.05) is 0 Å². The van der Waals surface area contributed by atoms with Gasteiger partial charge in [0.05, 0.1) is 6.10 Å². The topological polar surface area (TPSA) is 20.2 Å². The molecule has 234 valence electrons. The molecule has 4 fully saturated rings. The molecule has 4 aliphatic rings. The van der Waals surface area contributed by atoms with Gasteiger partial charge in [0.2, 0.25) is 0 Å². The molecule has 1 heteroatoms. The minimum Gasteiger partial charge on any atom is -0.393 e. The van der Waals surface area contributed by atoms with Crippen LogP contribution in [-0.4, -0.2) is 11.2 Å². The van der Waals surface area contributed by atoms with Gasteiger partial charge in [0.1, 0.15) is 0 Å². The SMILES string of the molecule is CCC(O)C1C(CC)C(CC)[C@@]2(C)C[C@@]3(C)CC4C(CC)CC(CCC(C)C)C(C)C4C(C)C3C(C)C2(C)C1C. The summed E-state index contributed by atoms with van der Waals surface area (Å²) in [4.78, 5) is 0. The molecule has 0 aromatic carbocycles. The maximum atomic E-state index is 11.5. The van der Waals surface area contributed by atoms with E-state index in [9.17, 15) is 5.11 Å². The molecule has 4 rings (SSSR count). The number of aliphatic hydroxyl groups is 1. The van der Waals surface area contributed by atoms with Crippen molar-refractivity contribution in [2.75, 3.05) is 0 Å². The lowest BCUT2D eigenvalue weighted by Gasteiger charge is -2.75. The Labute approximate surface area is 251 Å². The van der Waals surface area contributed by atoms with E-state index in [2.05, 4.69) is 90.0 Å². The van der Waals surface area contributed by atoms with Crippen LogP contribution in [0.3, 0.4) is 0 Å². The smallest absolute Gasteiger partial charge is 0.0571 e. The van der Waals surface area contributed by atoms with E-state index in [1.54, 1.807) is 0 Å². The third-order valence-electron chi connectivity index (χ3n) is 16.0. The Bertz CT molecular complexity index is 848. The highest BCUT2D eigenvalue weighted by Crippen LogP contribution is 2.77. The quantitative estimate of drug-likeness (QED) is 0.315. The summed E-state index contributed by atoms with van der Waals surface area (Å²) in [5.74, 6) is 10.0. The normalized spacial score (nSPS) is 53.5. The second-order valence-electron chi connectivity index (χ2n) is 17.6. The van der Waals surface area contributed by atoms with Gasteiger partial charge in [-0.3, -0.25) is 0 Å². The lowest BCUT2D eigenvalue weighted by molar-refractivity contribution is -0.277. The van der Waals surface area contributed by atoms with Gasteiger partial charge < -0.3 is 5.11 Å². The summed E-state index contributed by atoms with van der Waals surface area (Å²) in [6.07, 6.45) is 11.8. The molecule has 40 heavy (non-hydrogen) atoms. The van der Waals surface area contributed by atoms with E-state index >= 15 is 0 Å². The molecule has 0 bridgehead atoms. The molecule has 1 N–H and O–H groups in total. The van der Waals surface area contributed by atoms with E-state index < -0.39 is 0 Å². The summed E-state index contributed by atoms with van der Waals surface area (Å²) >= 11 is 0. The molecule has 0 aliphatic heterocycles. The van der Waals surface area contributed by atoms with E-state index in [-0.39, 0.29) is 11.5 Å². The predicted molar refractivity (Wildman–Crippen MR) is 174 cm³/mol. The second kappa shape index (κ2) is 11.8. The third-order valence-corrected chi connectivity index (χ3v) is 16.0. The largest absolute Gasteiger partial charge is 0.393 e. The van der Waals surface area contributed by atoms with Crippen molar-refractivity contribution in [3.8, 4) is 0 Å². The summed E-state index contributed by atoms with van der Waals surface area (Å²) in [5, 5.41) is 11.5. The third kappa shape index (κ3) is 4.71. The fraction of sp³-hybridized carbons (Fsp3) is 1.00. The van der Waals surface area contributed by atoms with Crippen LogP contribution in [0.1, 0.15) is 148 Å². The summed E-state index contributed by atoms with van der Waals surface area (Å²) < 4.78 is 0. The van der Waals surface area contributed by atoms with Crippen molar-refractivity contribution in [2.45, 2.75) is 154 Å². The zero-order valence-electron chi connectivity index (χ0n) is 29.4. The number of hydrogen-bond acceptors (Lipinski definition) is 1. The minimum atomic E-state index is -0.158. The molecule has 0 amide bonds. The van der Waals surface area contributed by atoms with Gasteiger partial charge in [-0.1, -0.05) is 116 Å². The maximum absolute atomic E-state index is 11.5. The lowest BCUT2D eigenvalue weighted by atomic mass is 9.29. The first-order valence-electron chi connectivity index (χ1n) is 18.4. The Morgan fingerprint density at radius 1 is 0.825 bits per heavy atom. The van der Waals surface area contributed by atoms with Crippen molar-refractivity contribution < 1.29 is 5.11 Å². The standard InChI is InChI=1S/C39H72O/c1-14-28-20-29(19-18-23(5)6)24(7)34-25(8)36-27(10)39(13)26(9)35(33(40)17-4)30(15-2)32(16-3)38(39,12)22-37(36,11)21-31(28)34/h23-36,40H,14-22H2,1-13H3/t24?,25?,26?,27?,28?,29?,30?,31?,32?,33?,34?,35?,36?,37-,38-,39?/m1/s1. The average Bonchev–Trinajstić information content (AvgIpc) is 2.89. The minimum absolute atomic E-state index is 0.158. The van der Waals surface area contributed by atoms with E-state index in [0.717, 1.165) is 53.8 Å². The van der Waals surface area contributed by atoms with Crippen molar-refractivity contribution in [2.24, 2.45) is 93.2 Å². The Kier molecular flexibility index (Phi) is 9.70. The summed E-state index contributed by atoms with van der Waals surface area (Å²) in [6, 6.07) is 0. The van der Waals surface area contributed by atoms with E-state index in [1.165, 1.54) is 51.4 Å². The van der Waals surface area contributed by atoms with Crippen molar-refractivity contribution in [1.29, 1.82) is 0 Å². The van der Waals surface area contributed by atoms with Gasteiger partial charge in [-0.05, 0) is 125 Å². The number of hydrogen-bond donors (Lipinski definition) is 1. The molecular weight excluding hydrogens is 484 g/mol. The molecule has 1 nitrogen and oxygen atoms in total. The van der Waals surface area contributed by atoms with Gasteiger partial charge in [-0.2, -0.15) is 0 Å². The zero-order chi connectivity index (χ0) is 29.9. The molecule has 4 saturated carbocycles. The fourth-order valence-electron chi connectivity index (χ4n) is 14.3. The highest BCUT2D eigenvalue weighted by Gasteiger charge is 2.71. The van der Waals surface area contributed by atoms with Crippen LogP contribution in [0, 0.1) is 93.2 Å². The monoisotopic (exact) mass is 557 g/mol. The average molecular weight is 557 g/mol. The Balaban J connectivity index is 1.79. The Hall–Kier alpha value is -0.0400. The Morgan fingerprint density at radius 2 is 1.48 bits per heavy atom. The molecule has 4 aliphatic carbocycles. The number of aliphatic hydroxyl groups excluding tert-OH is 1. The van der Waals surface area contributed by atoms with Gasteiger partial charge in [-0.15, -0.1) is 0 Å². The molecule has 0 aromatic heterocycles. The molecular formula is C39H72O. The van der Waals surface area contributed by atoms with Crippen LogP contribution in [0.4, 0.5) is 0 Å². The van der Waals surface area contributed by atoms with Crippen LogP contribution in [0.25, 0.3) is 0 Å². The summed E-state index contributed by atoms with van der Waals surface area (Å²) in [6.45, 7) is 33.5. The summed E-state index contributed by atoms with van der Waals surface area (Å²) in [7, 11) is 0. The van der Waals surface area contributed by atoms with Gasteiger partial charge in [-0.25, -0.2) is 0 Å². The lowest BCUT2D eigenvalue weighted by Crippen LogP contribution is -2.70. The molecule has 0 saturated heterocycles. The Morgan fingerprint density at radius 3 is 2.00 bits per heavy atom. The summed E-state index contributed by atoms with van der Waals surface area (Å²) in [5.41, 5.74) is 1.04. The maximum Gasteiger partial charge on any atom is 0.0571 e. The van der Waals surface area contributed by atoms with Crippen LogP contribution >= 0.6 is 0 Å². The van der Waals surface area contributed by atoms with Crippen molar-refractivity contribution in [3.63, 3.8) is 0 Å². The van der Waals surface area contributed by atoms with Crippen molar-refractivity contribution in [1.82, 2.24) is 0 Å².